The summed E-state index contributed by atoms with van der Waals surface area (Å²) in [7, 11) is 0. The highest BCUT2D eigenvalue weighted by molar-refractivity contribution is 5.94. The molecule has 0 radical (unpaired) electrons. The molecule has 96 valence electrons. The van der Waals surface area contributed by atoms with Gasteiger partial charge in [-0.3, -0.25) is 9.59 Å². The minimum Gasteiger partial charge on any atom is -0.381 e. The second-order valence-electron chi connectivity index (χ2n) is 4.86. The van der Waals surface area contributed by atoms with Gasteiger partial charge in [-0.25, -0.2) is 0 Å². The second-order valence-corrected chi connectivity index (χ2v) is 4.86. The Labute approximate surface area is 101 Å². The Morgan fingerprint density at radius 2 is 2.29 bits per heavy atom. The lowest BCUT2D eigenvalue weighted by molar-refractivity contribution is -0.147. The Kier molecular flexibility index (Phi) is 3.66. The van der Waals surface area contributed by atoms with Crippen LogP contribution in [0.25, 0.3) is 0 Å². The third-order valence-corrected chi connectivity index (χ3v) is 3.78. The molecule has 2 rings (SSSR count). The van der Waals surface area contributed by atoms with Crippen LogP contribution >= 0.6 is 0 Å². The van der Waals surface area contributed by atoms with Gasteiger partial charge < -0.3 is 15.0 Å². The predicted molar refractivity (Wildman–Crippen MR) is 62.3 cm³/mol. The summed E-state index contributed by atoms with van der Waals surface area (Å²) in [5, 5.41) is 2.73. The van der Waals surface area contributed by atoms with E-state index >= 15 is 0 Å². The van der Waals surface area contributed by atoms with E-state index in [4.69, 9.17) is 4.74 Å². The van der Waals surface area contributed by atoms with Crippen molar-refractivity contribution in [1.82, 2.24) is 10.2 Å². The number of nitrogens with zero attached hydrogens (tertiary/aromatic N) is 1. The molecular weight excluding hydrogens is 220 g/mol. The molecule has 3 unspecified atom stereocenters. The molecular formula is C12H20N2O3. The van der Waals surface area contributed by atoms with Gasteiger partial charge in [0, 0.05) is 18.6 Å². The van der Waals surface area contributed by atoms with Crippen LogP contribution in [0.1, 0.15) is 26.7 Å². The number of nitrogens with one attached hydrogen (secondary N) is 1. The van der Waals surface area contributed by atoms with Crippen molar-refractivity contribution in [2.24, 2.45) is 5.92 Å². The lowest BCUT2D eigenvalue weighted by Crippen LogP contribution is -2.61. The van der Waals surface area contributed by atoms with E-state index in [2.05, 4.69) is 5.32 Å². The van der Waals surface area contributed by atoms with Crippen LogP contribution in [-0.4, -0.2) is 48.6 Å². The first kappa shape index (κ1) is 12.4. The molecule has 17 heavy (non-hydrogen) atoms. The molecule has 2 aliphatic heterocycles. The van der Waals surface area contributed by atoms with E-state index in [9.17, 15) is 9.59 Å². The van der Waals surface area contributed by atoms with Crippen LogP contribution in [0.4, 0.5) is 0 Å². The average molecular weight is 240 g/mol. The van der Waals surface area contributed by atoms with Gasteiger partial charge >= 0.3 is 0 Å². The van der Waals surface area contributed by atoms with E-state index in [1.807, 2.05) is 13.8 Å². The van der Waals surface area contributed by atoms with Gasteiger partial charge in [0.15, 0.2) is 0 Å². The van der Waals surface area contributed by atoms with Crippen molar-refractivity contribution in [3.05, 3.63) is 0 Å². The van der Waals surface area contributed by atoms with Gasteiger partial charge in [-0.15, -0.1) is 0 Å². The van der Waals surface area contributed by atoms with E-state index in [1.165, 1.54) is 0 Å². The molecule has 1 N–H and O–H groups in total. The molecule has 0 bridgehead atoms. The minimum absolute atomic E-state index is 0.0477. The molecule has 5 heteroatoms. The first-order valence-electron chi connectivity index (χ1n) is 6.31. The van der Waals surface area contributed by atoms with Gasteiger partial charge in [-0.2, -0.15) is 0 Å². The van der Waals surface area contributed by atoms with E-state index in [0.717, 1.165) is 13.0 Å². The highest BCUT2D eigenvalue weighted by Gasteiger charge is 2.37. The van der Waals surface area contributed by atoms with Gasteiger partial charge in [0.05, 0.1) is 13.2 Å². The van der Waals surface area contributed by atoms with Crippen LogP contribution in [0.3, 0.4) is 0 Å². The minimum atomic E-state index is -0.346. The molecule has 2 amide bonds. The molecule has 0 spiro atoms. The largest absolute Gasteiger partial charge is 0.381 e. The van der Waals surface area contributed by atoms with Gasteiger partial charge in [0.25, 0.3) is 0 Å². The van der Waals surface area contributed by atoms with Crippen LogP contribution in [0.2, 0.25) is 0 Å². The first-order chi connectivity index (χ1) is 8.13. The van der Waals surface area contributed by atoms with E-state index in [-0.39, 0.29) is 30.4 Å². The summed E-state index contributed by atoms with van der Waals surface area (Å²) in [5.41, 5.74) is 0. The number of piperazine rings is 1. The molecule has 0 aromatic rings. The Balaban J connectivity index is 2.06. The highest BCUT2D eigenvalue weighted by atomic mass is 16.5. The molecule has 0 aliphatic carbocycles. The van der Waals surface area contributed by atoms with Crippen molar-refractivity contribution in [2.75, 3.05) is 19.8 Å². The fourth-order valence-electron chi connectivity index (χ4n) is 2.54. The topological polar surface area (TPSA) is 58.6 Å². The monoisotopic (exact) mass is 240 g/mol. The maximum Gasteiger partial charge on any atom is 0.245 e. The SMILES string of the molecule is CCC1NC(=O)CN(C(C)C2CCOC2)C1=O. The van der Waals surface area contributed by atoms with Gasteiger partial charge in [0.2, 0.25) is 11.8 Å². The van der Waals surface area contributed by atoms with E-state index < -0.39 is 0 Å². The fourth-order valence-corrected chi connectivity index (χ4v) is 2.54. The molecule has 0 saturated carbocycles. The summed E-state index contributed by atoms with van der Waals surface area (Å²) >= 11 is 0. The number of amides is 2. The third kappa shape index (κ3) is 2.44. The van der Waals surface area contributed by atoms with Crippen molar-refractivity contribution in [2.45, 2.75) is 38.8 Å². The number of carbonyl (C=O) groups excluding carboxylic acids is 2. The summed E-state index contributed by atoms with van der Waals surface area (Å²) in [4.78, 5) is 25.5. The highest BCUT2D eigenvalue weighted by Crippen LogP contribution is 2.22. The summed E-state index contributed by atoms with van der Waals surface area (Å²) in [6.45, 7) is 5.58. The molecule has 3 atom stereocenters. The zero-order valence-corrected chi connectivity index (χ0v) is 10.4. The Morgan fingerprint density at radius 3 is 2.88 bits per heavy atom. The number of hydrogen-bond donors (Lipinski definition) is 1. The van der Waals surface area contributed by atoms with Crippen LogP contribution in [0.15, 0.2) is 0 Å². The average Bonchev–Trinajstić information content (AvgIpc) is 2.84. The zero-order chi connectivity index (χ0) is 12.4. The molecule has 0 aromatic heterocycles. The predicted octanol–water partition coefficient (Wildman–Crippen LogP) is 0.148. The maximum atomic E-state index is 12.2. The lowest BCUT2D eigenvalue weighted by atomic mass is 9.97. The second kappa shape index (κ2) is 5.04. The van der Waals surface area contributed by atoms with Crippen molar-refractivity contribution >= 4 is 11.8 Å². The summed E-state index contributed by atoms with van der Waals surface area (Å²) in [6.07, 6.45) is 1.62. The number of ether oxygens (including phenoxy) is 1. The van der Waals surface area contributed by atoms with E-state index in [1.54, 1.807) is 4.90 Å². The smallest absolute Gasteiger partial charge is 0.245 e. The number of hydrogen-bond acceptors (Lipinski definition) is 3. The number of rotatable bonds is 3. The van der Waals surface area contributed by atoms with Crippen LogP contribution in [-0.2, 0) is 14.3 Å². The van der Waals surface area contributed by atoms with Crippen molar-refractivity contribution in [3.63, 3.8) is 0 Å². The molecule has 0 aromatic carbocycles. The standard InChI is InChI=1S/C12H20N2O3/c1-3-10-12(16)14(6-11(15)13-10)8(2)9-4-5-17-7-9/h8-10H,3-7H2,1-2H3,(H,13,15). The fraction of sp³-hybridized carbons (Fsp3) is 0.833. The van der Waals surface area contributed by atoms with Crippen LogP contribution in [0.5, 0.6) is 0 Å². The third-order valence-electron chi connectivity index (χ3n) is 3.78. The van der Waals surface area contributed by atoms with Crippen molar-refractivity contribution in [1.29, 1.82) is 0 Å². The van der Waals surface area contributed by atoms with Gasteiger partial charge in [-0.1, -0.05) is 6.92 Å². The molecule has 2 fully saturated rings. The molecule has 2 heterocycles. The van der Waals surface area contributed by atoms with Crippen molar-refractivity contribution < 1.29 is 14.3 Å². The Bertz CT molecular complexity index is 313. The van der Waals surface area contributed by atoms with Crippen LogP contribution in [0, 0.1) is 5.92 Å². The van der Waals surface area contributed by atoms with Gasteiger partial charge in [0.1, 0.15) is 6.04 Å². The van der Waals surface area contributed by atoms with Gasteiger partial charge in [-0.05, 0) is 19.8 Å². The lowest BCUT2D eigenvalue weighted by Gasteiger charge is -2.38. The maximum absolute atomic E-state index is 12.2. The summed E-state index contributed by atoms with van der Waals surface area (Å²) in [5.74, 6) is 0.357. The summed E-state index contributed by atoms with van der Waals surface area (Å²) in [6, 6.07) is -0.258. The Morgan fingerprint density at radius 1 is 1.53 bits per heavy atom. The van der Waals surface area contributed by atoms with Crippen LogP contribution < -0.4 is 5.32 Å². The molecule has 5 nitrogen and oxygen atoms in total. The van der Waals surface area contributed by atoms with E-state index in [0.29, 0.717) is 18.9 Å². The number of carbonyl (C=O) groups is 2. The first-order valence-corrected chi connectivity index (χ1v) is 6.31. The normalized spacial score (nSPS) is 31.5. The summed E-state index contributed by atoms with van der Waals surface area (Å²) < 4.78 is 5.35. The van der Waals surface area contributed by atoms with Crippen molar-refractivity contribution in [3.8, 4) is 0 Å². The zero-order valence-electron chi connectivity index (χ0n) is 10.4. The Hall–Kier alpha value is -1.10. The molecule has 2 saturated heterocycles. The quantitative estimate of drug-likeness (QED) is 0.764. The molecule has 2 aliphatic rings.